The predicted octanol–water partition coefficient (Wildman–Crippen LogP) is 3.71. The minimum atomic E-state index is -0.298. The van der Waals surface area contributed by atoms with E-state index in [2.05, 4.69) is 5.32 Å². The number of nitrogens with one attached hydrogen (secondary N) is 1. The van der Waals surface area contributed by atoms with E-state index >= 15 is 0 Å². The van der Waals surface area contributed by atoms with Gasteiger partial charge in [0, 0.05) is 11.3 Å². The Morgan fingerprint density at radius 1 is 1.21 bits per heavy atom. The van der Waals surface area contributed by atoms with Gasteiger partial charge >= 0.3 is 0 Å². The highest BCUT2D eigenvalue weighted by atomic mass is 35.5. The van der Waals surface area contributed by atoms with E-state index in [4.69, 9.17) is 11.6 Å². The van der Waals surface area contributed by atoms with Crippen molar-refractivity contribution in [3.05, 3.63) is 64.2 Å². The van der Waals surface area contributed by atoms with Crippen molar-refractivity contribution in [3.63, 3.8) is 0 Å². The van der Waals surface area contributed by atoms with Gasteiger partial charge in [-0.3, -0.25) is 9.59 Å². The molecule has 3 nitrogen and oxygen atoms in total. The van der Waals surface area contributed by atoms with Crippen molar-refractivity contribution >= 4 is 29.5 Å². The molecule has 0 saturated carbocycles. The fourth-order valence-electron chi connectivity index (χ4n) is 1.69. The third-order valence-corrected chi connectivity index (χ3v) is 2.96. The molecule has 0 aliphatic heterocycles. The number of carbonyl (C=O) groups is 2. The standard InChI is InChI=1S/C15H12ClNO2/c1-10-5-6-13(14(16)7-10)15(19)17-12-4-2-3-11(8-12)9-18/h2-9H,1H3,(H,17,19). The highest BCUT2D eigenvalue weighted by Gasteiger charge is 2.10. The van der Waals surface area contributed by atoms with Crippen LogP contribution in [0.1, 0.15) is 26.3 Å². The smallest absolute Gasteiger partial charge is 0.257 e. The minimum Gasteiger partial charge on any atom is -0.322 e. The Hall–Kier alpha value is -2.13. The van der Waals surface area contributed by atoms with E-state index in [-0.39, 0.29) is 5.91 Å². The van der Waals surface area contributed by atoms with Crippen molar-refractivity contribution < 1.29 is 9.59 Å². The summed E-state index contributed by atoms with van der Waals surface area (Å²) in [6, 6.07) is 11.9. The third-order valence-electron chi connectivity index (χ3n) is 2.65. The Bertz CT molecular complexity index is 638. The summed E-state index contributed by atoms with van der Waals surface area (Å²) >= 11 is 6.03. The summed E-state index contributed by atoms with van der Waals surface area (Å²) in [5.41, 5.74) is 2.47. The number of halogens is 1. The number of anilines is 1. The van der Waals surface area contributed by atoms with Crippen LogP contribution in [0.3, 0.4) is 0 Å². The number of aldehydes is 1. The lowest BCUT2D eigenvalue weighted by molar-refractivity contribution is 0.102. The maximum atomic E-state index is 12.1. The number of amides is 1. The highest BCUT2D eigenvalue weighted by molar-refractivity contribution is 6.34. The summed E-state index contributed by atoms with van der Waals surface area (Å²) < 4.78 is 0. The molecule has 0 unspecified atom stereocenters. The van der Waals surface area contributed by atoms with Gasteiger partial charge in [-0.15, -0.1) is 0 Å². The lowest BCUT2D eigenvalue weighted by Crippen LogP contribution is -2.12. The van der Waals surface area contributed by atoms with Gasteiger partial charge in [0.15, 0.2) is 0 Å². The van der Waals surface area contributed by atoms with Crippen LogP contribution in [0.5, 0.6) is 0 Å². The zero-order valence-corrected chi connectivity index (χ0v) is 11.1. The van der Waals surface area contributed by atoms with Crippen LogP contribution >= 0.6 is 11.6 Å². The number of rotatable bonds is 3. The summed E-state index contributed by atoms with van der Waals surface area (Å²) in [5, 5.41) is 3.12. The zero-order chi connectivity index (χ0) is 13.8. The van der Waals surface area contributed by atoms with Gasteiger partial charge in [-0.2, -0.15) is 0 Å². The molecule has 0 atom stereocenters. The average molecular weight is 274 g/mol. The summed E-state index contributed by atoms with van der Waals surface area (Å²) in [6.45, 7) is 1.90. The molecule has 0 spiro atoms. The molecule has 2 aromatic rings. The Balaban J connectivity index is 2.22. The van der Waals surface area contributed by atoms with Gasteiger partial charge < -0.3 is 5.32 Å². The summed E-state index contributed by atoms with van der Waals surface area (Å²) in [7, 11) is 0. The van der Waals surface area contributed by atoms with Crippen molar-refractivity contribution in [2.45, 2.75) is 6.92 Å². The highest BCUT2D eigenvalue weighted by Crippen LogP contribution is 2.19. The first-order valence-electron chi connectivity index (χ1n) is 5.73. The number of hydrogen-bond acceptors (Lipinski definition) is 2. The van der Waals surface area contributed by atoms with Crippen LogP contribution in [0.4, 0.5) is 5.69 Å². The molecule has 0 aromatic heterocycles. The predicted molar refractivity (Wildman–Crippen MR) is 76.0 cm³/mol. The average Bonchev–Trinajstić information content (AvgIpc) is 2.38. The van der Waals surface area contributed by atoms with Crippen LogP contribution in [0, 0.1) is 6.92 Å². The molecule has 0 aliphatic carbocycles. The topological polar surface area (TPSA) is 46.2 Å². The number of carbonyl (C=O) groups excluding carboxylic acids is 2. The molecule has 0 aliphatic rings. The molecule has 2 rings (SSSR count). The monoisotopic (exact) mass is 273 g/mol. The summed E-state index contributed by atoms with van der Waals surface area (Å²) in [6.07, 6.45) is 0.731. The van der Waals surface area contributed by atoms with Gasteiger partial charge in [-0.05, 0) is 36.8 Å². The van der Waals surface area contributed by atoms with E-state index in [9.17, 15) is 9.59 Å². The normalized spacial score (nSPS) is 10.0. The summed E-state index contributed by atoms with van der Waals surface area (Å²) in [5.74, 6) is -0.298. The van der Waals surface area contributed by atoms with E-state index in [1.807, 2.05) is 13.0 Å². The lowest BCUT2D eigenvalue weighted by atomic mass is 10.1. The van der Waals surface area contributed by atoms with Crippen LogP contribution in [0.2, 0.25) is 5.02 Å². The lowest BCUT2D eigenvalue weighted by Gasteiger charge is -2.07. The van der Waals surface area contributed by atoms with E-state index < -0.39 is 0 Å². The Morgan fingerprint density at radius 3 is 2.68 bits per heavy atom. The fraction of sp³-hybridized carbons (Fsp3) is 0.0667. The molecule has 1 N–H and O–H groups in total. The van der Waals surface area contributed by atoms with Gasteiger partial charge in [-0.25, -0.2) is 0 Å². The fourth-order valence-corrected chi connectivity index (χ4v) is 2.01. The van der Waals surface area contributed by atoms with E-state index in [1.54, 1.807) is 36.4 Å². The van der Waals surface area contributed by atoms with E-state index in [0.29, 0.717) is 21.8 Å². The van der Waals surface area contributed by atoms with Crippen molar-refractivity contribution in [2.24, 2.45) is 0 Å². The Kier molecular flexibility index (Phi) is 3.97. The second kappa shape index (κ2) is 5.67. The SMILES string of the molecule is Cc1ccc(C(=O)Nc2cccc(C=O)c2)c(Cl)c1. The molecular weight excluding hydrogens is 262 g/mol. The molecule has 0 fully saturated rings. The van der Waals surface area contributed by atoms with Crippen molar-refractivity contribution in [1.29, 1.82) is 0 Å². The van der Waals surface area contributed by atoms with Gasteiger partial charge in [-0.1, -0.05) is 29.8 Å². The molecule has 0 radical (unpaired) electrons. The molecule has 0 heterocycles. The van der Waals surface area contributed by atoms with Crippen LogP contribution < -0.4 is 5.32 Å². The second-order valence-corrected chi connectivity index (χ2v) is 4.59. The van der Waals surface area contributed by atoms with Gasteiger partial charge in [0.05, 0.1) is 10.6 Å². The number of hydrogen-bond donors (Lipinski definition) is 1. The van der Waals surface area contributed by atoms with Crippen molar-refractivity contribution in [3.8, 4) is 0 Å². The van der Waals surface area contributed by atoms with Gasteiger partial charge in [0.2, 0.25) is 0 Å². The molecule has 19 heavy (non-hydrogen) atoms. The second-order valence-electron chi connectivity index (χ2n) is 4.18. The maximum Gasteiger partial charge on any atom is 0.257 e. The first-order valence-corrected chi connectivity index (χ1v) is 6.10. The third kappa shape index (κ3) is 3.20. The molecule has 96 valence electrons. The van der Waals surface area contributed by atoms with Crippen LogP contribution in [0.15, 0.2) is 42.5 Å². The van der Waals surface area contributed by atoms with Crippen LogP contribution in [-0.2, 0) is 0 Å². The summed E-state index contributed by atoms with van der Waals surface area (Å²) in [4.78, 5) is 22.7. The van der Waals surface area contributed by atoms with E-state index in [0.717, 1.165) is 11.8 Å². The molecule has 1 amide bonds. The largest absolute Gasteiger partial charge is 0.322 e. The molecular formula is C15H12ClNO2. The minimum absolute atomic E-state index is 0.298. The molecule has 0 bridgehead atoms. The van der Waals surface area contributed by atoms with Crippen molar-refractivity contribution in [1.82, 2.24) is 0 Å². The first-order chi connectivity index (χ1) is 9.10. The number of benzene rings is 2. The van der Waals surface area contributed by atoms with Crippen LogP contribution in [0.25, 0.3) is 0 Å². The molecule has 2 aromatic carbocycles. The number of aryl methyl sites for hydroxylation is 1. The zero-order valence-electron chi connectivity index (χ0n) is 10.3. The molecule has 0 saturated heterocycles. The molecule has 4 heteroatoms. The van der Waals surface area contributed by atoms with Gasteiger partial charge in [0.25, 0.3) is 5.91 Å². The van der Waals surface area contributed by atoms with Gasteiger partial charge in [0.1, 0.15) is 6.29 Å². The van der Waals surface area contributed by atoms with E-state index in [1.165, 1.54) is 0 Å². The van der Waals surface area contributed by atoms with Crippen molar-refractivity contribution in [2.75, 3.05) is 5.32 Å². The van der Waals surface area contributed by atoms with Crippen LogP contribution in [-0.4, -0.2) is 12.2 Å². The quantitative estimate of drug-likeness (QED) is 0.867. The Morgan fingerprint density at radius 2 is 2.00 bits per heavy atom. The Labute approximate surface area is 116 Å². The maximum absolute atomic E-state index is 12.1. The first kappa shape index (κ1) is 13.3.